The molecule has 0 bridgehead atoms. The highest BCUT2D eigenvalue weighted by molar-refractivity contribution is 7.80. The van der Waals surface area contributed by atoms with Crippen LogP contribution < -0.4 is 0 Å². The molecule has 1 heteroatoms. The van der Waals surface area contributed by atoms with Crippen molar-refractivity contribution in [3.8, 4) is 0 Å². The fourth-order valence-corrected chi connectivity index (χ4v) is 2.14. The molecule has 0 spiro atoms. The van der Waals surface area contributed by atoms with Crippen molar-refractivity contribution >= 4 is 12.6 Å². The van der Waals surface area contributed by atoms with Crippen molar-refractivity contribution in [3.05, 3.63) is 35.4 Å². The van der Waals surface area contributed by atoms with Gasteiger partial charge >= 0.3 is 0 Å². The number of thiol groups is 1. The summed E-state index contributed by atoms with van der Waals surface area (Å²) in [5.74, 6) is 0.755. The second kappa shape index (κ2) is 3.14. The highest BCUT2D eigenvalue weighted by atomic mass is 32.1. The molecule has 1 atom stereocenters. The fraction of sp³-hybridized carbons (Fsp3) is 0.455. The van der Waals surface area contributed by atoms with E-state index in [4.69, 9.17) is 0 Å². The van der Waals surface area contributed by atoms with Crippen LogP contribution in [-0.2, 0) is 12.8 Å². The first kappa shape index (κ1) is 8.18. The minimum atomic E-state index is 0.525. The number of fused-ring (bicyclic) bond motifs is 1. The van der Waals surface area contributed by atoms with E-state index in [2.05, 4.69) is 43.8 Å². The topological polar surface area (TPSA) is 0 Å². The maximum absolute atomic E-state index is 4.50. The number of hydrogen-bond acceptors (Lipinski definition) is 1. The molecule has 0 saturated heterocycles. The average Bonchev–Trinajstić information content (AvgIpc) is 2.46. The summed E-state index contributed by atoms with van der Waals surface area (Å²) in [6, 6.07) is 8.74. The van der Waals surface area contributed by atoms with Gasteiger partial charge < -0.3 is 0 Å². The van der Waals surface area contributed by atoms with Crippen LogP contribution in [0.15, 0.2) is 24.3 Å². The lowest BCUT2D eigenvalue weighted by Gasteiger charge is -2.11. The van der Waals surface area contributed by atoms with Gasteiger partial charge in [-0.05, 0) is 29.9 Å². The third kappa shape index (κ3) is 1.38. The van der Waals surface area contributed by atoms with Crippen molar-refractivity contribution in [1.82, 2.24) is 0 Å². The maximum atomic E-state index is 4.50. The summed E-state index contributed by atoms with van der Waals surface area (Å²) in [7, 11) is 0. The summed E-state index contributed by atoms with van der Waals surface area (Å²) in [6.07, 6.45) is 2.45. The Morgan fingerprint density at radius 1 is 1.25 bits per heavy atom. The van der Waals surface area contributed by atoms with Gasteiger partial charge in [0.05, 0.1) is 0 Å². The van der Waals surface area contributed by atoms with E-state index in [1.54, 1.807) is 0 Å². The summed E-state index contributed by atoms with van der Waals surface area (Å²) >= 11 is 4.50. The first-order chi connectivity index (χ1) is 5.77. The molecule has 0 amide bonds. The molecule has 0 heterocycles. The van der Waals surface area contributed by atoms with Gasteiger partial charge in [0, 0.05) is 5.25 Å². The van der Waals surface area contributed by atoms with Gasteiger partial charge in [-0.2, -0.15) is 12.6 Å². The molecule has 1 aliphatic carbocycles. The molecule has 0 radical (unpaired) electrons. The zero-order valence-electron chi connectivity index (χ0n) is 7.33. The maximum Gasteiger partial charge on any atom is 0.00230 e. The first-order valence-electron chi connectivity index (χ1n) is 4.52. The van der Waals surface area contributed by atoms with E-state index in [-0.39, 0.29) is 0 Å². The van der Waals surface area contributed by atoms with Gasteiger partial charge in [0.1, 0.15) is 0 Å². The highest BCUT2D eigenvalue weighted by Crippen LogP contribution is 2.30. The quantitative estimate of drug-likeness (QED) is 0.628. The summed E-state index contributed by atoms with van der Waals surface area (Å²) < 4.78 is 0. The van der Waals surface area contributed by atoms with E-state index in [1.807, 2.05) is 0 Å². The molecule has 0 fully saturated rings. The Bertz CT molecular complexity index is 253. The van der Waals surface area contributed by atoms with Crippen LogP contribution >= 0.6 is 12.6 Å². The molecular weight excluding hydrogens is 164 g/mol. The van der Waals surface area contributed by atoms with Crippen LogP contribution in [0, 0.1) is 5.92 Å². The van der Waals surface area contributed by atoms with Gasteiger partial charge in [0.25, 0.3) is 0 Å². The van der Waals surface area contributed by atoms with Gasteiger partial charge in [-0.3, -0.25) is 0 Å². The van der Waals surface area contributed by atoms with Gasteiger partial charge in [-0.1, -0.05) is 31.2 Å². The summed E-state index contributed by atoms with van der Waals surface area (Å²) in [6.45, 7) is 2.19. The lowest BCUT2D eigenvalue weighted by Crippen LogP contribution is -2.10. The molecular formula is C11H14S. The third-order valence-corrected chi connectivity index (χ3v) is 3.19. The van der Waals surface area contributed by atoms with E-state index in [0.29, 0.717) is 5.25 Å². The SMILES string of the molecule is CC(S)C1Cc2ccccc2C1. The van der Waals surface area contributed by atoms with Gasteiger partial charge in [0.2, 0.25) is 0 Å². The Morgan fingerprint density at radius 2 is 1.75 bits per heavy atom. The van der Waals surface area contributed by atoms with Crippen molar-refractivity contribution in [1.29, 1.82) is 0 Å². The molecule has 1 aliphatic rings. The van der Waals surface area contributed by atoms with Crippen LogP contribution in [-0.4, -0.2) is 5.25 Å². The molecule has 0 aliphatic heterocycles. The van der Waals surface area contributed by atoms with Crippen LogP contribution in [0.1, 0.15) is 18.1 Å². The lowest BCUT2D eigenvalue weighted by molar-refractivity contribution is 0.559. The van der Waals surface area contributed by atoms with E-state index < -0.39 is 0 Å². The monoisotopic (exact) mass is 178 g/mol. The van der Waals surface area contributed by atoms with Gasteiger partial charge in [-0.25, -0.2) is 0 Å². The second-order valence-electron chi connectivity index (χ2n) is 3.68. The number of hydrogen-bond donors (Lipinski definition) is 1. The molecule has 1 aromatic rings. The molecule has 12 heavy (non-hydrogen) atoms. The summed E-state index contributed by atoms with van der Waals surface area (Å²) in [5.41, 5.74) is 3.06. The predicted octanol–water partition coefficient (Wildman–Crippen LogP) is 2.72. The molecule has 1 aromatic carbocycles. The zero-order chi connectivity index (χ0) is 8.55. The molecule has 64 valence electrons. The van der Waals surface area contributed by atoms with Crippen molar-refractivity contribution in [2.75, 3.05) is 0 Å². The van der Waals surface area contributed by atoms with Gasteiger partial charge in [-0.15, -0.1) is 0 Å². The Hall–Kier alpha value is -0.430. The summed E-state index contributed by atoms with van der Waals surface area (Å²) in [4.78, 5) is 0. The molecule has 0 nitrogen and oxygen atoms in total. The molecule has 2 rings (SSSR count). The van der Waals surface area contributed by atoms with Crippen LogP contribution in [0.3, 0.4) is 0 Å². The van der Waals surface area contributed by atoms with Crippen LogP contribution in [0.25, 0.3) is 0 Å². The highest BCUT2D eigenvalue weighted by Gasteiger charge is 2.23. The van der Waals surface area contributed by atoms with Crippen molar-refractivity contribution in [3.63, 3.8) is 0 Å². The molecule has 0 aromatic heterocycles. The van der Waals surface area contributed by atoms with Crippen LogP contribution in [0.4, 0.5) is 0 Å². The predicted molar refractivity (Wildman–Crippen MR) is 55.8 cm³/mol. The van der Waals surface area contributed by atoms with Gasteiger partial charge in [0.15, 0.2) is 0 Å². The first-order valence-corrected chi connectivity index (χ1v) is 5.04. The Balaban J connectivity index is 2.22. The number of benzene rings is 1. The largest absolute Gasteiger partial charge is 0.176 e. The molecule has 0 saturated carbocycles. The average molecular weight is 178 g/mol. The van der Waals surface area contributed by atoms with E-state index in [1.165, 1.54) is 24.0 Å². The molecule has 1 unspecified atom stereocenters. The Labute approximate surface area is 79.4 Å². The number of rotatable bonds is 1. The fourth-order valence-electron chi connectivity index (χ4n) is 1.93. The Kier molecular flexibility index (Phi) is 2.14. The zero-order valence-corrected chi connectivity index (χ0v) is 8.22. The van der Waals surface area contributed by atoms with Crippen molar-refractivity contribution < 1.29 is 0 Å². The van der Waals surface area contributed by atoms with E-state index >= 15 is 0 Å². The van der Waals surface area contributed by atoms with E-state index in [9.17, 15) is 0 Å². The smallest absolute Gasteiger partial charge is 0.00230 e. The second-order valence-corrected chi connectivity index (χ2v) is 4.49. The normalized spacial score (nSPS) is 19.2. The van der Waals surface area contributed by atoms with Crippen molar-refractivity contribution in [2.24, 2.45) is 5.92 Å². The Morgan fingerprint density at radius 3 is 2.17 bits per heavy atom. The lowest BCUT2D eigenvalue weighted by atomic mass is 10.0. The summed E-state index contributed by atoms with van der Waals surface area (Å²) in [5, 5.41) is 0.525. The minimum absolute atomic E-state index is 0.525. The third-order valence-electron chi connectivity index (χ3n) is 2.76. The minimum Gasteiger partial charge on any atom is -0.176 e. The van der Waals surface area contributed by atoms with E-state index in [0.717, 1.165) is 5.92 Å². The van der Waals surface area contributed by atoms with Crippen molar-refractivity contribution in [2.45, 2.75) is 25.0 Å². The molecule has 0 N–H and O–H groups in total. The van der Waals surface area contributed by atoms with Crippen LogP contribution in [0.2, 0.25) is 0 Å². The van der Waals surface area contributed by atoms with Crippen LogP contribution in [0.5, 0.6) is 0 Å². The standard InChI is InChI=1S/C11H14S/c1-8(12)11-6-9-4-2-3-5-10(9)7-11/h2-5,8,11-12H,6-7H2,1H3.